The molecule has 3 nitrogen and oxygen atoms in total. The molecule has 1 aliphatic carbocycles. The van der Waals surface area contributed by atoms with Crippen LogP contribution in [0.25, 0.3) is 0 Å². The number of benzene rings is 1. The van der Waals surface area contributed by atoms with Gasteiger partial charge in [-0.2, -0.15) is 0 Å². The topological polar surface area (TPSA) is 30.5 Å². The summed E-state index contributed by atoms with van der Waals surface area (Å²) in [6.45, 7) is 5.98. The first kappa shape index (κ1) is 14.1. The molecular weight excluding hydrogens is 238 g/mol. The second-order valence-electron chi connectivity index (χ2n) is 5.09. The lowest BCUT2D eigenvalue weighted by Gasteiger charge is -2.40. The summed E-state index contributed by atoms with van der Waals surface area (Å²) in [6.07, 6.45) is 5.37. The zero-order valence-electron chi connectivity index (χ0n) is 11.7. The van der Waals surface area contributed by atoms with Crippen LogP contribution in [0.15, 0.2) is 36.9 Å². The molecule has 0 atom stereocenters. The van der Waals surface area contributed by atoms with Crippen LogP contribution >= 0.6 is 0 Å². The van der Waals surface area contributed by atoms with Crippen molar-refractivity contribution in [1.29, 1.82) is 0 Å². The molecule has 19 heavy (non-hydrogen) atoms. The predicted octanol–water partition coefficient (Wildman–Crippen LogP) is 2.91. The second kappa shape index (κ2) is 6.73. The van der Waals surface area contributed by atoms with E-state index in [9.17, 15) is 0 Å². The smallest absolute Gasteiger partial charge is 0.119 e. The van der Waals surface area contributed by atoms with E-state index < -0.39 is 0 Å². The van der Waals surface area contributed by atoms with Crippen molar-refractivity contribution < 1.29 is 9.47 Å². The lowest BCUT2D eigenvalue weighted by molar-refractivity contribution is -0.0695. The van der Waals surface area contributed by atoms with E-state index in [1.54, 1.807) is 6.08 Å². The standard InChI is InChI=1S/C16H23NO2/c1-3-11-19-15-7-5-14(6-8-15)12-17-13-16(18-2)9-4-10-16/h3,5-8,17H,1,4,9-13H2,2H3. The zero-order valence-corrected chi connectivity index (χ0v) is 11.7. The summed E-state index contributed by atoms with van der Waals surface area (Å²) < 4.78 is 11.0. The molecule has 3 heteroatoms. The maximum Gasteiger partial charge on any atom is 0.119 e. The third kappa shape index (κ3) is 3.82. The molecule has 0 saturated heterocycles. The third-order valence-corrected chi connectivity index (χ3v) is 3.77. The van der Waals surface area contributed by atoms with Crippen molar-refractivity contribution in [3.8, 4) is 5.75 Å². The Morgan fingerprint density at radius 3 is 2.58 bits per heavy atom. The number of rotatable bonds is 8. The molecule has 1 aromatic carbocycles. The quantitative estimate of drug-likeness (QED) is 0.730. The van der Waals surface area contributed by atoms with E-state index in [0.717, 1.165) is 18.8 Å². The van der Waals surface area contributed by atoms with Crippen LogP contribution in [0.1, 0.15) is 24.8 Å². The first-order valence-electron chi connectivity index (χ1n) is 6.86. The molecule has 0 unspecified atom stereocenters. The van der Waals surface area contributed by atoms with Gasteiger partial charge in [0.1, 0.15) is 12.4 Å². The first-order chi connectivity index (χ1) is 9.28. The van der Waals surface area contributed by atoms with Crippen molar-refractivity contribution in [3.63, 3.8) is 0 Å². The van der Waals surface area contributed by atoms with Crippen molar-refractivity contribution in [2.24, 2.45) is 0 Å². The van der Waals surface area contributed by atoms with Gasteiger partial charge in [-0.1, -0.05) is 24.8 Å². The van der Waals surface area contributed by atoms with Crippen LogP contribution in [0.3, 0.4) is 0 Å². The summed E-state index contributed by atoms with van der Waals surface area (Å²) in [4.78, 5) is 0. The van der Waals surface area contributed by atoms with E-state index >= 15 is 0 Å². The average molecular weight is 261 g/mol. The fraction of sp³-hybridized carbons (Fsp3) is 0.500. The van der Waals surface area contributed by atoms with Gasteiger partial charge >= 0.3 is 0 Å². The molecule has 0 amide bonds. The number of hydrogen-bond acceptors (Lipinski definition) is 3. The maximum atomic E-state index is 5.58. The highest BCUT2D eigenvalue weighted by molar-refractivity contribution is 5.27. The average Bonchev–Trinajstić information content (AvgIpc) is 2.41. The van der Waals surface area contributed by atoms with Crippen LogP contribution in [-0.2, 0) is 11.3 Å². The molecule has 1 aromatic rings. The Bertz CT molecular complexity index is 390. The number of methoxy groups -OCH3 is 1. The maximum absolute atomic E-state index is 5.58. The number of nitrogens with one attached hydrogen (secondary N) is 1. The Kier molecular flexibility index (Phi) is 5.00. The van der Waals surface area contributed by atoms with Crippen molar-refractivity contribution in [2.45, 2.75) is 31.4 Å². The SMILES string of the molecule is C=CCOc1ccc(CNCC2(OC)CCC2)cc1. The molecule has 104 valence electrons. The predicted molar refractivity (Wildman–Crippen MR) is 77.4 cm³/mol. The molecule has 0 spiro atoms. The summed E-state index contributed by atoms with van der Waals surface area (Å²) in [7, 11) is 1.81. The van der Waals surface area contributed by atoms with Gasteiger partial charge in [-0.3, -0.25) is 0 Å². The minimum Gasteiger partial charge on any atom is -0.490 e. The monoisotopic (exact) mass is 261 g/mol. The molecule has 1 aliphatic rings. The molecule has 0 bridgehead atoms. The van der Waals surface area contributed by atoms with Crippen LogP contribution in [0, 0.1) is 0 Å². The van der Waals surface area contributed by atoms with E-state index in [1.165, 1.54) is 24.8 Å². The Morgan fingerprint density at radius 2 is 2.05 bits per heavy atom. The highest BCUT2D eigenvalue weighted by Crippen LogP contribution is 2.34. The normalized spacial score (nSPS) is 16.7. The lowest BCUT2D eigenvalue weighted by Crippen LogP contribution is -2.47. The van der Waals surface area contributed by atoms with Crippen LogP contribution in [0.5, 0.6) is 5.75 Å². The Labute approximate surface area is 115 Å². The molecule has 0 aliphatic heterocycles. The molecule has 0 heterocycles. The Hall–Kier alpha value is -1.32. The van der Waals surface area contributed by atoms with Gasteiger partial charge in [0.15, 0.2) is 0 Å². The summed E-state index contributed by atoms with van der Waals surface area (Å²) in [6, 6.07) is 8.17. The van der Waals surface area contributed by atoms with E-state index in [2.05, 4.69) is 24.0 Å². The fourth-order valence-electron chi connectivity index (χ4n) is 2.32. The molecule has 0 radical (unpaired) electrons. The minimum atomic E-state index is 0.0903. The van der Waals surface area contributed by atoms with Crippen molar-refractivity contribution in [1.82, 2.24) is 5.32 Å². The van der Waals surface area contributed by atoms with Gasteiger partial charge in [0.25, 0.3) is 0 Å². The number of hydrogen-bond donors (Lipinski definition) is 1. The van der Waals surface area contributed by atoms with E-state index in [-0.39, 0.29) is 5.60 Å². The summed E-state index contributed by atoms with van der Waals surface area (Å²) in [5.74, 6) is 0.885. The fourth-order valence-corrected chi connectivity index (χ4v) is 2.32. The highest BCUT2D eigenvalue weighted by atomic mass is 16.5. The molecule has 1 saturated carbocycles. The van der Waals surface area contributed by atoms with Gasteiger partial charge in [-0.25, -0.2) is 0 Å². The summed E-state index contributed by atoms with van der Waals surface area (Å²) in [5, 5.41) is 3.48. The lowest BCUT2D eigenvalue weighted by atomic mass is 9.80. The van der Waals surface area contributed by atoms with Crippen LogP contribution in [0.2, 0.25) is 0 Å². The van der Waals surface area contributed by atoms with Gasteiger partial charge in [0.2, 0.25) is 0 Å². The third-order valence-electron chi connectivity index (χ3n) is 3.77. The summed E-state index contributed by atoms with van der Waals surface area (Å²) >= 11 is 0. The van der Waals surface area contributed by atoms with E-state index in [0.29, 0.717) is 6.61 Å². The van der Waals surface area contributed by atoms with Gasteiger partial charge in [0.05, 0.1) is 5.60 Å². The highest BCUT2D eigenvalue weighted by Gasteiger charge is 2.36. The van der Waals surface area contributed by atoms with E-state index in [1.807, 2.05) is 19.2 Å². The van der Waals surface area contributed by atoms with Gasteiger partial charge < -0.3 is 14.8 Å². The van der Waals surface area contributed by atoms with Gasteiger partial charge in [-0.05, 0) is 37.0 Å². The molecule has 1 N–H and O–H groups in total. The Balaban J connectivity index is 1.75. The second-order valence-corrected chi connectivity index (χ2v) is 5.09. The van der Waals surface area contributed by atoms with Gasteiger partial charge in [-0.15, -0.1) is 0 Å². The minimum absolute atomic E-state index is 0.0903. The molecular formula is C16H23NO2. The zero-order chi connectivity index (χ0) is 13.6. The van der Waals surface area contributed by atoms with Crippen molar-refractivity contribution >= 4 is 0 Å². The van der Waals surface area contributed by atoms with Crippen LogP contribution < -0.4 is 10.1 Å². The van der Waals surface area contributed by atoms with Crippen LogP contribution in [0.4, 0.5) is 0 Å². The Morgan fingerprint density at radius 1 is 1.32 bits per heavy atom. The molecule has 1 fully saturated rings. The van der Waals surface area contributed by atoms with Crippen LogP contribution in [-0.4, -0.2) is 25.9 Å². The van der Waals surface area contributed by atoms with Gasteiger partial charge in [0, 0.05) is 20.2 Å². The number of ether oxygens (including phenoxy) is 2. The first-order valence-corrected chi connectivity index (χ1v) is 6.86. The van der Waals surface area contributed by atoms with Crippen molar-refractivity contribution in [3.05, 3.63) is 42.5 Å². The molecule has 0 aromatic heterocycles. The summed E-state index contributed by atoms with van der Waals surface area (Å²) in [5.41, 5.74) is 1.35. The van der Waals surface area contributed by atoms with Crippen molar-refractivity contribution in [2.75, 3.05) is 20.3 Å². The van der Waals surface area contributed by atoms with E-state index in [4.69, 9.17) is 9.47 Å². The largest absolute Gasteiger partial charge is 0.490 e. The molecule has 2 rings (SSSR count).